The summed E-state index contributed by atoms with van der Waals surface area (Å²) in [6, 6.07) is 20.1. The molecule has 3 aromatic carbocycles. The summed E-state index contributed by atoms with van der Waals surface area (Å²) in [6.45, 7) is 1.70. The van der Waals surface area contributed by atoms with Crippen molar-refractivity contribution in [1.82, 2.24) is 19.1 Å². The predicted octanol–water partition coefficient (Wildman–Crippen LogP) is 3.69. The number of aromatic amines is 1. The van der Waals surface area contributed by atoms with Crippen LogP contribution in [0.25, 0.3) is 22.6 Å². The van der Waals surface area contributed by atoms with Crippen molar-refractivity contribution in [2.45, 2.75) is 6.92 Å². The van der Waals surface area contributed by atoms with Crippen molar-refractivity contribution in [3.8, 4) is 28.4 Å². The molecule has 0 saturated heterocycles. The van der Waals surface area contributed by atoms with Gasteiger partial charge in [-0.25, -0.2) is 14.4 Å². The zero-order chi connectivity index (χ0) is 30.1. The fourth-order valence-corrected chi connectivity index (χ4v) is 4.49. The van der Waals surface area contributed by atoms with Crippen molar-refractivity contribution < 1.29 is 14.6 Å². The number of benzene rings is 3. The van der Waals surface area contributed by atoms with Gasteiger partial charge in [-0.3, -0.25) is 39.6 Å². The largest absolute Gasteiger partial charge is 0.497 e. The lowest BCUT2D eigenvalue weighted by atomic mass is 10.1. The smallest absolute Gasteiger partial charge is 0.301 e. The molecule has 0 saturated carbocycles. The number of nitro groups is 2. The minimum atomic E-state index is -0.775. The molecule has 5 rings (SSSR count). The summed E-state index contributed by atoms with van der Waals surface area (Å²) in [5, 5.41) is 25.7. The molecular weight excluding hydrogens is 546 g/mol. The van der Waals surface area contributed by atoms with Crippen molar-refractivity contribution in [3.63, 3.8) is 0 Å². The van der Waals surface area contributed by atoms with Crippen LogP contribution in [-0.2, 0) is 7.05 Å². The molecule has 2 aromatic heterocycles. The van der Waals surface area contributed by atoms with Crippen LogP contribution >= 0.6 is 0 Å². The first-order valence-electron chi connectivity index (χ1n) is 12.4. The van der Waals surface area contributed by atoms with Crippen LogP contribution < -0.4 is 21.2 Å². The summed E-state index contributed by atoms with van der Waals surface area (Å²) in [6.07, 6.45) is 0. The average Bonchev–Trinajstić information content (AvgIpc) is 3.20. The molecule has 5 aromatic rings. The number of nitro benzene ring substituents is 2. The van der Waals surface area contributed by atoms with E-state index in [1.807, 2.05) is 6.07 Å². The van der Waals surface area contributed by atoms with Gasteiger partial charge in [0.1, 0.15) is 16.8 Å². The van der Waals surface area contributed by atoms with Crippen LogP contribution in [0.5, 0.6) is 5.75 Å². The van der Waals surface area contributed by atoms with Crippen LogP contribution in [0.3, 0.4) is 0 Å². The third kappa shape index (κ3) is 4.88. The van der Waals surface area contributed by atoms with E-state index in [1.165, 1.54) is 23.9 Å². The van der Waals surface area contributed by atoms with Gasteiger partial charge in [-0.05, 0) is 55.5 Å². The number of nitrogens with one attached hydrogen (secondary N) is 1. The molecule has 0 aliphatic heterocycles. The minimum Gasteiger partial charge on any atom is -0.497 e. The maximum atomic E-state index is 13.4. The van der Waals surface area contributed by atoms with Gasteiger partial charge in [0, 0.05) is 18.7 Å². The molecule has 0 atom stereocenters. The Kier molecular flexibility index (Phi) is 7.10. The molecule has 42 heavy (non-hydrogen) atoms. The van der Waals surface area contributed by atoms with E-state index in [4.69, 9.17) is 4.74 Å². The maximum Gasteiger partial charge on any atom is 0.301 e. The number of hydrogen-bond donors (Lipinski definition) is 1. The first-order chi connectivity index (χ1) is 20.1. The molecule has 0 fully saturated rings. The van der Waals surface area contributed by atoms with Gasteiger partial charge in [0.2, 0.25) is 0 Å². The van der Waals surface area contributed by atoms with Gasteiger partial charge in [0.25, 0.3) is 16.8 Å². The number of ether oxygens (including phenoxy) is 1. The van der Waals surface area contributed by atoms with E-state index in [0.717, 1.165) is 16.8 Å². The van der Waals surface area contributed by atoms with Gasteiger partial charge >= 0.3 is 5.69 Å². The second-order valence-corrected chi connectivity index (χ2v) is 9.13. The fourth-order valence-electron chi connectivity index (χ4n) is 4.49. The Labute approximate surface area is 236 Å². The Morgan fingerprint density at radius 3 is 2.21 bits per heavy atom. The first kappa shape index (κ1) is 27.5. The Balaban J connectivity index is 1.80. The molecule has 14 heteroatoms. The molecule has 0 bridgehead atoms. The SMILES string of the molecule is COc1ccc(-c2cc(=Nc3c(C)n(C)n(-c4ccccc4)c3=O)c(=O)[nH]n2-c2ccc([N+](=O)[O-])cc2[N+](=O)[O-])cc1. The predicted molar refractivity (Wildman–Crippen MR) is 153 cm³/mol. The van der Waals surface area contributed by atoms with Gasteiger partial charge in [-0.2, -0.15) is 0 Å². The zero-order valence-electron chi connectivity index (χ0n) is 22.5. The normalized spacial score (nSPS) is 11.5. The molecule has 0 unspecified atom stereocenters. The third-order valence-corrected chi connectivity index (χ3v) is 6.71. The summed E-state index contributed by atoms with van der Waals surface area (Å²) in [5.41, 5.74) is -0.519. The standard InChI is InChI=1S/C28H23N7O7/c1-17-26(28(37)33(31(17)2)19-7-5-4-6-8-19)29-22-16-24(18-9-12-21(42-3)13-10-18)32(30-27(22)36)23-14-11-20(34(38)39)15-25(23)35(40)41/h4-16H,1-3H3,(H,30,36). The van der Waals surface area contributed by atoms with Gasteiger partial charge < -0.3 is 4.74 Å². The fraction of sp³-hybridized carbons (Fsp3) is 0.107. The third-order valence-electron chi connectivity index (χ3n) is 6.71. The summed E-state index contributed by atoms with van der Waals surface area (Å²) in [5.74, 6) is 0.544. The molecule has 0 radical (unpaired) electrons. The number of aromatic nitrogens is 4. The van der Waals surface area contributed by atoms with Crippen LogP contribution in [-0.4, -0.2) is 36.1 Å². The van der Waals surface area contributed by atoms with E-state index >= 15 is 0 Å². The molecular formula is C28H23N7O7. The number of nitrogens with zero attached hydrogens (tertiary/aromatic N) is 6. The Morgan fingerprint density at radius 1 is 0.905 bits per heavy atom. The second kappa shape index (κ2) is 10.8. The van der Waals surface area contributed by atoms with Crippen molar-refractivity contribution in [1.29, 1.82) is 0 Å². The highest BCUT2D eigenvalue weighted by molar-refractivity contribution is 5.66. The van der Waals surface area contributed by atoms with Crippen molar-refractivity contribution in [2.75, 3.05) is 7.11 Å². The molecule has 2 heterocycles. The maximum absolute atomic E-state index is 13.4. The zero-order valence-corrected chi connectivity index (χ0v) is 22.5. The number of H-pyrrole nitrogens is 1. The van der Waals surface area contributed by atoms with Gasteiger partial charge in [0.15, 0.2) is 5.69 Å². The lowest BCUT2D eigenvalue weighted by Gasteiger charge is -2.14. The summed E-state index contributed by atoms with van der Waals surface area (Å²) in [7, 11) is 3.19. The summed E-state index contributed by atoms with van der Waals surface area (Å²) in [4.78, 5) is 52.9. The molecule has 14 nitrogen and oxygen atoms in total. The van der Waals surface area contributed by atoms with Gasteiger partial charge in [-0.15, -0.1) is 0 Å². The van der Waals surface area contributed by atoms with Crippen LogP contribution in [0.4, 0.5) is 17.1 Å². The number of rotatable bonds is 7. The van der Waals surface area contributed by atoms with Crippen LogP contribution in [0.15, 0.2) is 93.4 Å². The number of hydrogen-bond acceptors (Lipinski definition) is 8. The Bertz CT molecular complexity index is 2040. The van der Waals surface area contributed by atoms with Gasteiger partial charge in [0.05, 0.1) is 40.1 Å². The highest BCUT2D eigenvalue weighted by Crippen LogP contribution is 2.31. The summed E-state index contributed by atoms with van der Waals surface area (Å²) < 4.78 is 9.44. The summed E-state index contributed by atoms with van der Waals surface area (Å²) >= 11 is 0. The molecule has 0 spiro atoms. The lowest BCUT2D eigenvalue weighted by molar-refractivity contribution is -0.394. The van der Waals surface area contributed by atoms with Crippen LogP contribution in [0.1, 0.15) is 5.69 Å². The van der Waals surface area contributed by atoms with E-state index < -0.39 is 32.3 Å². The van der Waals surface area contributed by atoms with E-state index in [1.54, 1.807) is 67.2 Å². The van der Waals surface area contributed by atoms with E-state index in [-0.39, 0.29) is 22.4 Å². The second-order valence-electron chi connectivity index (χ2n) is 9.13. The van der Waals surface area contributed by atoms with Crippen molar-refractivity contribution in [3.05, 3.63) is 131 Å². The number of para-hydroxylation sites is 1. The van der Waals surface area contributed by atoms with E-state index in [2.05, 4.69) is 10.1 Å². The molecule has 1 N–H and O–H groups in total. The number of non-ortho nitro benzene ring substituents is 1. The van der Waals surface area contributed by atoms with E-state index in [9.17, 15) is 29.8 Å². The van der Waals surface area contributed by atoms with Crippen LogP contribution in [0.2, 0.25) is 0 Å². The number of methoxy groups -OCH3 is 1. The minimum absolute atomic E-state index is 0.0339. The van der Waals surface area contributed by atoms with E-state index in [0.29, 0.717) is 22.7 Å². The van der Waals surface area contributed by atoms with Crippen LogP contribution in [0, 0.1) is 27.2 Å². The van der Waals surface area contributed by atoms with Gasteiger partial charge in [-0.1, -0.05) is 18.2 Å². The van der Waals surface area contributed by atoms with Crippen molar-refractivity contribution in [2.24, 2.45) is 12.0 Å². The highest BCUT2D eigenvalue weighted by Gasteiger charge is 2.23. The first-order valence-corrected chi connectivity index (χ1v) is 12.4. The monoisotopic (exact) mass is 569 g/mol. The quantitative estimate of drug-likeness (QED) is 0.230. The lowest BCUT2D eigenvalue weighted by Crippen LogP contribution is -2.32. The average molecular weight is 570 g/mol. The molecule has 0 aliphatic rings. The molecule has 0 aliphatic carbocycles. The Hall–Kier alpha value is -6.05. The topological polar surface area (TPSA) is 173 Å². The van der Waals surface area contributed by atoms with Crippen molar-refractivity contribution >= 4 is 17.1 Å². The molecule has 212 valence electrons. The highest BCUT2D eigenvalue weighted by atomic mass is 16.6. The molecule has 0 amide bonds. The Morgan fingerprint density at radius 2 is 1.60 bits per heavy atom.